The summed E-state index contributed by atoms with van der Waals surface area (Å²) in [5.74, 6) is 1.21. The Morgan fingerprint density at radius 2 is 1.88 bits per heavy atom. The Bertz CT molecular complexity index is 775. The van der Waals surface area contributed by atoms with E-state index in [0.29, 0.717) is 22.3 Å². The van der Waals surface area contributed by atoms with Gasteiger partial charge in [0.1, 0.15) is 11.5 Å². The minimum Gasteiger partial charge on any atom is -0.497 e. The first-order valence-corrected chi connectivity index (χ1v) is 9.28. The number of amides is 1. The summed E-state index contributed by atoms with van der Waals surface area (Å²) in [6.45, 7) is 2.30. The Labute approximate surface area is 163 Å². The maximum absolute atomic E-state index is 12.9. The number of carbonyl (C=O) groups is 1. The minimum absolute atomic E-state index is 0.0469. The zero-order valence-corrected chi connectivity index (χ0v) is 16.3. The number of halogens is 2. The van der Waals surface area contributed by atoms with Crippen molar-refractivity contribution < 1.29 is 14.3 Å². The van der Waals surface area contributed by atoms with Gasteiger partial charge < -0.3 is 14.4 Å². The average Bonchev–Trinajstić information content (AvgIpc) is 3.47. The van der Waals surface area contributed by atoms with Crippen LogP contribution >= 0.6 is 23.2 Å². The molecule has 1 aliphatic rings. The topological polar surface area (TPSA) is 38.8 Å². The largest absolute Gasteiger partial charge is 0.497 e. The first kappa shape index (κ1) is 18.9. The van der Waals surface area contributed by atoms with Crippen molar-refractivity contribution in [2.45, 2.75) is 38.5 Å². The molecule has 0 aliphatic heterocycles. The lowest BCUT2D eigenvalue weighted by Gasteiger charge is -2.26. The molecule has 3 rings (SSSR count). The normalized spacial score (nSPS) is 14.6. The summed E-state index contributed by atoms with van der Waals surface area (Å²) in [5.41, 5.74) is 1.06. The molecule has 0 saturated heterocycles. The summed E-state index contributed by atoms with van der Waals surface area (Å²) in [7, 11) is 1.63. The van der Waals surface area contributed by atoms with Crippen LogP contribution in [0.5, 0.6) is 11.5 Å². The standard InChI is InChI=1S/C20H21Cl2NO3/c1-13(26-19-10-5-15(21)11-18(19)22)20(24)23(16-6-7-16)12-14-3-8-17(25-2)9-4-14/h3-5,8-11,13,16H,6-7,12H2,1-2H3/t13-/m0/s1. The van der Waals surface area contributed by atoms with E-state index >= 15 is 0 Å². The van der Waals surface area contributed by atoms with Gasteiger partial charge in [-0.15, -0.1) is 0 Å². The van der Waals surface area contributed by atoms with Crippen LogP contribution in [0, 0.1) is 0 Å². The van der Waals surface area contributed by atoms with Gasteiger partial charge in [-0.2, -0.15) is 0 Å². The SMILES string of the molecule is COc1ccc(CN(C(=O)[C@H](C)Oc2ccc(Cl)cc2Cl)C2CC2)cc1. The minimum atomic E-state index is -0.632. The quantitative estimate of drug-likeness (QED) is 0.666. The predicted molar refractivity (Wildman–Crippen MR) is 103 cm³/mol. The van der Waals surface area contributed by atoms with Gasteiger partial charge in [-0.1, -0.05) is 35.3 Å². The number of benzene rings is 2. The van der Waals surface area contributed by atoms with Gasteiger partial charge in [0.15, 0.2) is 6.10 Å². The number of carbonyl (C=O) groups excluding carboxylic acids is 1. The molecule has 2 aromatic carbocycles. The lowest BCUT2D eigenvalue weighted by Crippen LogP contribution is -2.41. The molecule has 138 valence electrons. The summed E-state index contributed by atoms with van der Waals surface area (Å²) in [4.78, 5) is 14.8. The van der Waals surface area contributed by atoms with Gasteiger partial charge in [-0.3, -0.25) is 4.79 Å². The highest BCUT2D eigenvalue weighted by atomic mass is 35.5. The molecule has 0 heterocycles. The van der Waals surface area contributed by atoms with Crippen molar-refractivity contribution in [1.29, 1.82) is 0 Å². The van der Waals surface area contributed by atoms with Gasteiger partial charge in [-0.05, 0) is 55.7 Å². The van der Waals surface area contributed by atoms with E-state index in [2.05, 4.69) is 0 Å². The molecule has 2 aromatic rings. The number of hydrogen-bond acceptors (Lipinski definition) is 3. The highest BCUT2D eigenvalue weighted by Crippen LogP contribution is 2.31. The molecule has 0 aromatic heterocycles. The van der Waals surface area contributed by atoms with Crippen molar-refractivity contribution in [2.75, 3.05) is 7.11 Å². The van der Waals surface area contributed by atoms with Crippen LogP contribution in [-0.4, -0.2) is 30.1 Å². The van der Waals surface area contributed by atoms with Gasteiger partial charge in [0.25, 0.3) is 5.91 Å². The zero-order chi connectivity index (χ0) is 18.7. The van der Waals surface area contributed by atoms with E-state index in [-0.39, 0.29) is 11.9 Å². The van der Waals surface area contributed by atoms with Crippen molar-refractivity contribution in [3.8, 4) is 11.5 Å². The molecule has 1 fully saturated rings. The predicted octanol–water partition coefficient (Wildman–Crippen LogP) is 4.96. The third kappa shape index (κ3) is 4.63. The molecule has 1 atom stereocenters. The second kappa shape index (κ2) is 8.19. The van der Waals surface area contributed by atoms with Crippen molar-refractivity contribution >= 4 is 29.1 Å². The van der Waals surface area contributed by atoms with E-state index < -0.39 is 6.10 Å². The molecule has 26 heavy (non-hydrogen) atoms. The zero-order valence-electron chi connectivity index (χ0n) is 14.7. The number of methoxy groups -OCH3 is 1. The van der Waals surface area contributed by atoms with Crippen LogP contribution < -0.4 is 9.47 Å². The van der Waals surface area contributed by atoms with Crippen LogP contribution in [0.4, 0.5) is 0 Å². The Morgan fingerprint density at radius 3 is 2.46 bits per heavy atom. The average molecular weight is 394 g/mol. The molecule has 0 N–H and O–H groups in total. The number of rotatable bonds is 7. The van der Waals surface area contributed by atoms with Crippen LogP contribution in [0.1, 0.15) is 25.3 Å². The van der Waals surface area contributed by atoms with Crippen molar-refractivity contribution in [1.82, 2.24) is 4.90 Å². The smallest absolute Gasteiger partial charge is 0.263 e. The molecule has 1 aliphatic carbocycles. The third-order valence-electron chi connectivity index (χ3n) is 4.33. The molecular weight excluding hydrogens is 373 g/mol. The van der Waals surface area contributed by atoms with Gasteiger partial charge >= 0.3 is 0 Å². The van der Waals surface area contributed by atoms with Crippen molar-refractivity contribution in [2.24, 2.45) is 0 Å². The molecule has 0 radical (unpaired) electrons. The fourth-order valence-electron chi connectivity index (χ4n) is 2.75. The molecule has 0 bridgehead atoms. The summed E-state index contributed by atoms with van der Waals surface area (Å²) >= 11 is 12.0. The fraction of sp³-hybridized carbons (Fsp3) is 0.350. The summed E-state index contributed by atoms with van der Waals surface area (Å²) < 4.78 is 11.0. The first-order chi connectivity index (χ1) is 12.5. The van der Waals surface area contributed by atoms with Gasteiger partial charge in [-0.25, -0.2) is 0 Å². The maximum atomic E-state index is 12.9. The Balaban J connectivity index is 1.69. The Morgan fingerprint density at radius 1 is 1.19 bits per heavy atom. The van der Waals surface area contributed by atoms with E-state index in [4.69, 9.17) is 32.7 Å². The second-order valence-corrected chi connectivity index (χ2v) is 7.22. The van der Waals surface area contributed by atoms with Gasteiger partial charge in [0.2, 0.25) is 0 Å². The lowest BCUT2D eigenvalue weighted by atomic mass is 10.2. The maximum Gasteiger partial charge on any atom is 0.263 e. The van der Waals surface area contributed by atoms with Gasteiger partial charge in [0, 0.05) is 17.6 Å². The number of ether oxygens (including phenoxy) is 2. The van der Waals surface area contributed by atoms with E-state index in [1.807, 2.05) is 29.2 Å². The first-order valence-electron chi connectivity index (χ1n) is 8.53. The summed E-state index contributed by atoms with van der Waals surface area (Å²) in [6, 6.07) is 13.0. The molecule has 1 saturated carbocycles. The highest BCUT2D eigenvalue weighted by Gasteiger charge is 2.35. The van der Waals surface area contributed by atoms with Crippen molar-refractivity contribution in [3.63, 3.8) is 0 Å². The summed E-state index contributed by atoms with van der Waals surface area (Å²) in [5, 5.41) is 0.922. The molecule has 0 spiro atoms. The molecule has 1 amide bonds. The second-order valence-electron chi connectivity index (χ2n) is 6.38. The van der Waals surface area contributed by atoms with Crippen molar-refractivity contribution in [3.05, 3.63) is 58.1 Å². The van der Waals surface area contributed by atoms with Crippen LogP contribution in [-0.2, 0) is 11.3 Å². The van der Waals surface area contributed by atoms with E-state index in [9.17, 15) is 4.79 Å². The fourth-order valence-corrected chi connectivity index (χ4v) is 3.20. The van der Waals surface area contributed by atoms with E-state index in [1.165, 1.54) is 0 Å². The number of nitrogens with zero attached hydrogens (tertiary/aromatic N) is 1. The number of hydrogen-bond donors (Lipinski definition) is 0. The Hall–Kier alpha value is -1.91. The van der Waals surface area contributed by atoms with Crippen LogP contribution in [0.2, 0.25) is 10.0 Å². The Kier molecular flexibility index (Phi) is 5.94. The lowest BCUT2D eigenvalue weighted by molar-refractivity contribution is -0.139. The molecular formula is C20H21Cl2NO3. The van der Waals surface area contributed by atoms with Crippen LogP contribution in [0.3, 0.4) is 0 Å². The molecule has 6 heteroatoms. The highest BCUT2D eigenvalue weighted by molar-refractivity contribution is 6.35. The van der Waals surface area contributed by atoms with Crippen LogP contribution in [0.15, 0.2) is 42.5 Å². The molecule has 0 unspecified atom stereocenters. The third-order valence-corrected chi connectivity index (χ3v) is 4.86. The van der Waals surface area contributed by atoms with E-state index in [0.717, 1.165) is 24.2 Å². The van der Waals surface area contributed by atoms with E-state index in [1.54, 1.807) is 32.2 Å². The summed E-state index contributed by atoms with van der Waals surface area (Å²) in [6.07, 6.45) is 1.42. The van der Waals surface area contributed by atoms with Crippen LogP contribution in [0.25, 0.3) is 0 Å². The monoisotopic (exact) mass is 393 g/mol. The molecule has 4 nitrogen and oxygen atoms in total. The van der Waals surface area contributed by atoms with Gasteiger partial charge in [0.05, 0.1) is 12.1 Å².